The zero-order chi connectivity index (χ0) is 15.2. The van der Waals surface area contributed by atoms with Crippen LogP contribution >= 0.6 is 0 Å². The molecule has 1 aliphatic rings. The van der Waals surface area contributed by atoms with Crippen LogP contribution in [0.2, 0.25) is 0 Å². The second-order valence-electron chi connectivity index (χ2n) is 5.94. The summed E-state index contributed by atoms with van der Waals surface area (Å²) in [6.07, 6.45) is 1.60. The van der Waals surface area contributed by atoms with Crippen LogP contribution in [-0.2, 0) is 11.3 Å². The van der Waals surface area contributed by atoms with Crippen molar-refractivity contribution in [2.75, 3.05) is 26.3 Å². The molecule has 4 nitrogen and oxygen atoms in total. The van der Waals surface area contributed by atoms with Crippen LogP contribution in [0.25, 0.3) is 0 Å². The van der Waals surface area contributed by atoms with E-state index in [1.54, 1.807) is 0 Å². The van der Waals surface area contributed by atoms with Crippen LogP contribution in [0.4, 0.5) is 0 Å². The normalized spacial score (nSPS) is 18.1. The smallest absolute Gasteiger partial charge is 0.120 e. The summed E-state index contributed by atoms with van der Waals surface area (Å²) in [6, 6.07) is 6.08. The van der Waals surface area contributed by atoms with E-state index in [-0.39, 0.29) is 0 Å². The minimum atomic E-state index is 0.350. The average molecular weight is 288 g/mol. The number of ether oxygens (including phenoxy) is 1. The van der Waals surface area contributed by atoms with Gasteiger partial charge in [0, 0.05) is 38.2 Å². The molecule has 4 heteroatoms. The van der Waals surface area contributed by atoms with Crippen LogP contribution in [0.1, 0.15) is 29.5 Å². The predicted octanol–water partition coefficient (Wildman–Crippen LogP) is 2.76. The molecule has 1 aromatic rings. The standard InChI is InChI=1S/C17H24N2O2/c1-13-8-16(17(20)9-14(13)2)11-19(6-3-5-18)10-15-4-7-21-12-15/h8-9,15,20H,3-4,6-7,10-12H2,1-2H3. The Morgan fingerprint density at radius 3 is 2.81 bits per heavy atom. The van der Waals surface area contributed by atoms with Gasteiger partial charge in [0.2, 0.25) is 0 Å². The van der Waals surface area contributed by atoms with E-state index in [0.717, 1.165) is 43.9 Å². The fourth-order valence-corrected chi connectivity index (χ4v) is 2.76. The van der Waals surface area contributed by atoms with Crippen molar-refractivity contribution in [3.63, 3.8) is 0 Å². The van der Waals surface area contributed by atoms with Crippen LogP contribution in [0, 0.1) is 31.1 Å². The molecule has 0 spiro atoms. The van der Waals surface area contributed by atoms with Crippen molar-refractivity contribution in [3.8, 4) is 11.8 Å². The molecule has 1 fully saturated rings. The number of rotatable bonds is 6. The quantitative estimate of drug-likeness (QED) is 0.874. The molecule has 114 valence electrons. The molecule has 0 radical (unpaired) electrons. The van der Waals surface area contributed by atoms with E-state index < -0.39 is 0 Å². The van der Waals surface area contributed by atoms with Gasteiger partial charge in [0.15, 0.2) is 0 Å². The summed E-state index contributed by atoms with van der Waals surface area (Å²) in [6.45, 7) is 8.05. The summed E-state index contributed by atoms with van der Waals surface area (Å²) in [4.78, 5) is 2.26. The van der Waals surface area contributed by atoms with Crippen molar-refractivity contribution in [1.82, 2.24) is 4.90 Å². The summed E-state index contributed by atoms with van der Waals surface area (Å²) in [5.74, 6) is 0.889. The van der Waals surface area contributed by atoms with E-state index >= 15 is 0 Å². The number of hydrogen-bond donors (Lipinski definition) is 1. The molecule has 1 unspecified atom stereocenters. The predicted molar refractivity (Wildman–Crippen MR) is 82.0 cm³/mol. The number of aromatic hydroxyl groups is 1. The van der Waals surface area contributed by atoms with Crippen molar-refractivity contribution in [3.05, 3.63) is 28.8 Å². The van der Waals surface area contributed by atoms with Crippen molar-refractivity contribution in [1.29, 1.82) is 5.26 Å². The third kappa shape index (κ3) is 4.45. The molecule has 1 atom stereocenters. The highest BCUT2D eigenvalue weighted by molar-refractivity contribution is 5.40. The van der Waals surface area contributed by atoms with Crippen molar-refractivity contribution < 1.29 is 9.84 Å². The molecule has 1 N–H and O–H groups in total. The highest BCUT2D eigenvalue weighted by Crippen LogP contribution is 2.24. The molecule has 1 aliphatic heterocycles. The van der Waals surface area contributed by atoms with Gasteiger partial charge in [-0.2, -0.15) is 5.26 Å². The minimum absolute atomic E-state index is 0.350. The summed E-state index contributed by atoms with van der Waals surface area (Å²) < 4.78 is 5.43. The molecular weight excluding hydrogens is 264 g/mol. The molecule has 2 rings (SSSR count). The molecule has 1 saturated heterocycles. The SMILES string of the molecule is Cc1cc(O)c(CN(CCC#N)CC2CCOC2)cc1C. The van der Waals surface area contributed by atoms with Gasteiger partial charge < -0.3 is 9.84 Å². The number of aryl methyl sites for hydroxylation is 2. The molecule has 0 aromatic heterocycles. The van der Waals surface area contributed by atoms with Gasteiger partial charge in [-0.3, -0.25) is 4.90 Å². The monoisotopic (exact) mass is 288 g/mol. The molecule has 0 amide bonds. The van der Waals surface area contributed by atoms with E-state index in [4.69, 9.17) is 10.00 Å². The third-order valence-corrected chi connectivity index (χ3v) is 4.17. The molecule has 0 bridgehead atoms. The van der Waals surface area contributed by atoms with Crippen LogP contribution in [-0.4, -0.2) is 36.3 Å². The van der Waals surface area contributed by atoms with Crippen molar-refractivity contribution in [2.24, 2.45) is 5.92 Å². The zero-order valence-corrected chi connectivity index (χ0v) is 12.9. The number of nitrogens with zero attached hydrogens (tertiary/aromatic N) is 2. The van der Waals surface area contributed by atoms with E-state index in [1.807, 2.05) is 13.0 Å². The molecule has 1 aromatic carbocycles. The fourth-order valence-electron chi connectivity index (χ4n) is 2.76. The maximum Gasteiger partial charge on any atom is 0.120 e. The van der Waals surface area contributed by atoms with Crippen molar-refractivity contribution in [2.45, 2.75) is 33.2 Å². The van der Waals surface area contributed by atoms with E-state index in [2.05, 4.69) is 24.0 Å². The topological polar surface area (TPSA) is 56.5 Å². The van der Waals surface area contributed by atoms with Gasteiger partial charge in [-0.05, 0) is 43.4 Å². The Bertz CT molecular complexity index is 516. The van der Waals surface area contributed by atoms with Gasteiger partial charge in [0.25, 0.3) is 0 Å². The van der Waals surface area contributed by atoms with Crippen LogP contribution in [0.3, 0.4) is 0 Å². The second kappa shape index (κ2) is 7.44. The Balaban J connectivity index is 2.06. The first-order chi connectivity index (χ1) is 10.1. The van der Waals surface area contributed by atoms with Gasteiger partial charge in [0.05, 0.1) is 12.7 Å². The second-order valence-corrected chi connectivity index (χ2v) is 5.94. The summed E-state index contributed by atoms with van der Waals surface area (Å²) in [7, 11) is 0. The number of hydrogen-bond acceptors (Lipinski definition) is 4. The van der Waals surface area contributed by atoms with Gasteiger partial charge in [-0.25, -0.2) is 0 Å². The lowest BCUT2D eigenvalue weighted by Crippen LogP contribution is -2.30. The Morgan fingerprint density at radius 2 is 2.14 bits per heavy atom. The van der Waals surface area contributed by atoms with Gasteiger partial charge in [-0.1, -0.05) is 6.07 Å². The van der Waals surface area contributed by atoms with Gasteiger partial charge in [-0.15, -0.1) is 0 Å². The average Bonchev–Trinajstić information content (AvgIpc) is 2.95. The van der Waals surface area contributed by atoms with Crippen LogP contribution in [0.5, 0.6) is 5.75 Å². The Labute approximate surface area is 127 Å². The minimum Gasteiger partial charge on any atom is -0.508 e. The fraction of sp³-hybridized carbons (Fsp3) is 0.588. The maximum atomic E-state index is 10.1. The van der Waals surface area contributed by atoms with E-state index in [1.165, 1.54) is 5.56 Å². The first-order valence-corrected chi connectivity index (χ1v) is 7.56. The highest BCUT2D eigenvalue weighted by atomic mass is 16.5. The molecular formula is C17H24N2O2. The molecule has 21 heavy (non-hydrogen) atoms. The Morgan fingerprint density at radius 1 is 1.38 bits per heavy atom. The van der Waals surface area contributed by atoms with E-state index in [9.17, 15) is 5.11 Å². The lowest BCUT2D eigenvalue weighted by Gasteiger charge is -2.24. The van der Waals surface area contributed by atoms with Crippen LogP contribution < -0.4 is 0 Å². The van der Waals surface area contributed by atoms with E-state index in [0.29, 0.717) is 24.6 Å². The van der Waals surface area contributed by atoms with Crippen molar-refractivity contribution >= 4 is 0 Å². The molecule has 1 heterocycles. The maximum absolute atomic E-state index is 10.1. The number of benzene rings is 1. The molecule has 0 aliphatic carbocycles. The summed E-state index contributed by atoms with van der Waals surface area (Å²) in [5.41, 5.74) is 3.23. The third-order valence-electron chi connectivity index (χ3n) is 4.17. The lowest BCUT2D eigenvalue weighted by atomic mass is 10.0. The first-order valence-electron chi connectivity index (χ1n) is 7.56. The summed E-state index contributed by atoms with van der Waals surface area (Å²) >= 11 is 0. The lowest BCUT2D eigenvalue weighted by molar-refractivity contribution is 0.165. The summed E-state index contributed by atoms with van der Waals surface area (Å²) in [5, 5.41) is 19.0. The van der Waals surface area contributed by atoms with Crippen LogP contribution in [0.15, 0.2) is 12.1 Å². The molecule has 0 saturated carbocycles. The van der Waals surface area contributed by atoms with Gasteiger partial charge in [0.1, 0.15) is 5.75 Å². The number of phenolic OH excluding ortho intramolecular Hbond substituents is 1. The first kappa shape index (κ1) is 15.8. The number of nitriles is 1. The zero-order valence-electron chi connectivity index (χ0n) is 12.9. The Hall–Kier alpha value is -1.57. The number of phenols is 1. The Kier molecular flexibility index (Phi) is 5.60. The highest BCUT2D eigenvalue weighted by Gasteiger charge is 2.20. The van der Waals surface area contributed by atoms with Gasteiger partial charge >= 0.3 is 0 Å². The largest absolute Gasteiger partial charge is 0.508 e.